The molecule has 2 amide bonds. The van der Waals surface area contributed by atoms with E-state index in [1.54, 1.807) is 25.2 Å². The standard InChI is InChI=1S/C12H13ClN2O2/c1-14-11(16)8-4-5-9(13)10(6-8)15-12(17)7-2-3-7/h4-7H,2-3H2,1H3,(H,14,16)(H,15,17). The van der Waals surface area contributed by atoms with E-state index < -0.39 is 0 Å². The van der Waals surface area contributed by atoms with Crippen LogP contribution in [0.1, 0.15) is 23.2 Å². The van der Waals surface area contributed by atoms with Gasteiger partial charge < -0.3 is 10.6 Å². The van der Waals surface area contributed by atoms with Crippen LogP contribution < -0.4 is 10.6 Å². The van der Waals surface area contributed by atoms with Crippen molar-refractivity contribution in [2.24, 2.45) is 5.92 Å². The lowest BCUT2D eigenvalue weighted by atomic mass is 10.2. The van der Waals surface area contributed by atoms with Crippen molar-refractivity contribution in [2.75, 3.05) is 12.4 Å². The molecule has 0 radical (unpaired) electrons. The minimum absolute atomic E-state index is 0.0269. The lowest BCUT2D eigenvalue weighted by Crippen LogP contribution is -2.19. The van der Waals surface area contributed by atoms with Gasteiger partial charge in [0.1, 0.15) is 0 Å². The summed E-state index contributed by atoms with van der Waals surface area (Å²) >= 11 is 5.97. The van der Waals surface area contributed by atoms with Crippen molar-refractivity contribution >= 4 is 29.1 Å². The van der Waals surface area contributed by atoms with Gasteiger partial charge >= 0.3 is 0 Å². The molecule has 1 aromatic rings. The summed E-state index contributed by atoms with van der Waals surface area (Å²) < 4.78 is 0. The van der Waals surface area contributed by atoms with Gasteiger partial charge in [0, 0.05) is 18.5 Å². The van der Waals surface area contributed by atoms with Crippen LogP contribution in [0.15, 0.2) is 18.2 Å². The van der Waals surface area contributed by atoms with Crippen molar-refractivity contribution in [1.82, 2.24) is 5.32 Å². The number of anilines is 1. The zero-order valence-electron chi connectivity index (χ0n) is 9.42. The zero-order chi connectivity index (χ0) is 12.4. The molecule has 0 atom stereocenters. The molecular weight excluding hydrogens is 240 g/mol. The molecule has 4 nitrogen and oxygen atoms in total. The zero-order valence-corrected chi connectivity index (χ0v) is 10.2. The van der Waals surface area contributed by atoms with Gasteiger partial charge in [0.25, 0.3) is 5.91 Å². The molecule has 1 saturated carbocycles. The molecule has 0 aromatic heterocycles. The number of nitrogens with one attached hydrogen (secondary N) is 2. The van der Waals surface area contributed by atoms with Crippen LogP contribution in [0.4, 0.5) is 5.69 Å². The average Bonchev–Trinajstić information content (AvgIpc) is 3.14. The second-order valence-electron chi connectivity index (χ2n) is 4.04. The summed E-state index contributed by atoms with van der Waals surface area (Å²) in [7, 11) is 1.55. The highest BCUT2D eigenvalue weighted by molar-refractivity contribution is 6.34. The third-order valence-corrected chi connectivity index (χ3v) is 2.99. The number of benzene rings is 1. The van der Waals surface area contributed by atoms with Crippen molar-refractivity contribution in [3.05, 3.63) is 28.8 Å². The number of rotatable bonds is 3. The van der Waals surface area contributed by atoms with Gasteiger partial charge in [-0.05, 0) is 31.0 Å². The Bertz CT molecular complexity index is 470. The Morgan fingerprint density at radius 1 is 1.35 bits per heavy atom. The quantitative estimate of drug-likeness (QED) is 0.865. The molecule has 90 valence electrons. The molecule has 17 heavy (non-hydrogen) atoms. The first kappa shape index (κ1) is 11.9. The van der Waals surface area contributed by atoms with Gasteiger partial charge in [-0.1, -0.05) is 11.6 Å². The maximum atomic E-state index is 11.6. The molecular formula is C12H13ClN2O2. The van der Waals surface area contributed by atoms with Crippen LogP contribution >= 0.6 is 11.6 Å². The molecule has 1 aliphatic rings. The highest BCUT2D eigenvalue weighted by atomic mass is 35.5. The largest absolute Gasteiger partial charge is 0.355 e. The molecule has 5 heteroatoms. The molecule has 0 unspecified atom stereocenters. The summed E-state index contributed by atoms with van der Waals surface area (Å²) in [6.07, 6.45) is 1.86. The summed E-state index contributed by atoms with van der Waals surface area (Å²) in [6.45, 7) is 0. The predicted molar refractivity (Wildman–Crippen MR) is 66.2 cm³/mol. The molecule has 2 rings (SSSR count). The van der Waals surface area contributed by atoms with E-state index in [0.29, 0.717) is 16.3 Å². The monoisotopic (exact) mass is 252 g/mol. The van der Waals surface area contributed by atoms with E-state index in [1.165, 1.54) is 0 Å². The Kier molecular flexibility index (Phi) is 3.33. The minimum Gasteiger partial charge on any atom is -0.355 e. The van der Waals surface area contributed by atoms with Crippen LogP contribution in [0.5, 0.6) is 0 Å². The minimum atomic E-state index is -0.205. The van der Waals surface area contributed by atoms with Gasteiger partial charge in [-0.15, -0.1) is 0 Å². The second-order valence-corrected chi connectivity index (χ2v) is 4.44. The normalized spacial score (nSPS) is 14.2. The van der Waals surface area contributed by atoms with E-state index in [2.05, 4.69) is 10.6 Å². The van der Waals surface area contributed by atoms with Gasteiger partial charge in [-0.25, -0.2) is 0 Å². The molecule has 1 fully saturated rings. The van der Waals surface area contributed by atoms with Gasteiger partial charge in [0.2, 0.25) is 5.91 Å². The van der Waals surface area contributed by atoms with Crippen LogP contribution in [-0.4, -0.2) is 18.9 Å². The summed E-state index contributed by atoms with van der Waals surface area (Å²) in [5, 5.41) is 5.70. The fourth-order valence-corrected chi connectivity index (χ4v) is 1.65. The Hall–Kier alpha value is -1.55. The lowest BCUT2D eigenvalue weighted by molar-refractivity contribution is -0.117. The number of hydrogen-bond acceptors (Lipinski definition) is 2. The first-order valence-corrected chi connectivity index (χ1v) is 5.82. The van der Waals surface area contributed by atoms with Crippen LogP contribution in [0.2, 0.25) is 5.02 Å². The smallest absolute Gasteiger partial charge is 0.251 e. The third-order valence-electron chi connectivity index (χ3n) is 2.66. The molecule has 0 heterocycles. The number of amides is 2. The summed E-state index contributed by atoms with van der Waals surface area (Å²) in [4.78, 5) is 23.0. The van der Waals surface area contributed by atoms with E-state index in [1.807, 2.05) is 0 Å². The first-order valence-electron chi connectivity index (χ1n) is 5.44. The Balaban J connectivity index is 2.19. The van der Waals surface area contributed by atoms with Crippen molar-refractivity contribution < 1.29 is 9.59 Å². The van der Waals surface area contributed by atoms with Crippen molar-refractivity contribution in [3.8, 4) is 0 Å². The van der Waals surface area contributed by atoms with E-state index >= 15 is 0 Å². The molecule has 0 spiro atoms. The Morgan fingerprint density at radius 2 is 2.06 bits per heavy atom. The maximum Gasteiger partial charge on any atom is 0.251 e. The highest BCUT2D eigenvalue weighted by Crippen LogP contribution is 2.31. The molecule has 2 N–H and O–H groups in total. The van der Waals surface area contributed by atoms with E-state index in [0.717, 1.165) is 12.8 Å². The Morgan fingerprint density at radius 3 is 2.65 bits per heavy atom. The summed E-state index contributed by atoms with van der Waals surface area (Å²) in [5.41, 5.74) is 0.965. The second kappa shape index (κ2) is 4.75. The summed E-state index contributed by atoms with van der Waals surface area (Å²) in [5.74, 6) is -0.126. The van der Waals surface area contributed by atoms with Crippen LogP contribution in [0.25, 0.3) is 0 Å². The number of carbonyl (C=O) groups excluding carboxylic acids is 2. The average molecular weight is 253 g/mol. The van der Waals surface area contributed by atoms with Crippen molar-refractivity contribution in [1.29, 1.82) is 0 Å². The predicted octanol–water partition coefficient (Wildman–Crippen LogP) is 2.05. The highest BCUT2D eigenvalue weighted by Gasteiger charge is 2.29. The fraction of sp³-hybridized carbons (Fsp3) is 0.333. The van der Waals surface area contributed by atoms with Gasteiger partial charge in [-0.2, -0.15) is 0 Å². The SMILES string of the molecule is CNC(=O)c1ccc(Cl)c(NC(=O)C2CC2)c1. The molecule has 0 bridgehead atoms. The number of carbonyl (C=O) groups is 2. The number of hydrogen-bond donors (Lipinski definition) is 2. The van der Waals surface area contributed by atoms with E-state index in [4.69, 9.17) is 11.6 Å². The summed E-state index contributed by atoms with van der Waals surface area (Å²) in [6, 6.07) is 4.81. The van der Waals surface area contributed by atoms with Gasteiger partial charge in [0.05, 0.1) is 10.7 Å². The lowest BCUT2D eigenvalue weighted by Gasteiger charge is -2.08. The van der Waals surface area contributed by atoms with Crippen molar-refractivity contribution in [3.63, 3.8) is 0 Å². The first-order chi connectivity index (χ1) is 8.11. The molecule has 1 aliphatic carbocycles. The molecule has 1 aromatic carbocycles. The van der Waals surface area contributed by atoms with Gasteiger partial charge in [0.15, 0.2) is 0 Å². The topological polar surface area (TPSA) is 58.2 Å². The van der Waals surface area contributed by atoms with Gasteiger partial charge in [-0.3, -0.25) is 9.59 Å². The molecule has 0 saturated heterocycles. The number of halogens is 1. The van der Waals surface area contributed by atoms with Crippen molar-refractivity contribution in [2.45, 2.75) is 12.8 Å². The van der Waals surface area contributed by atoms with Crippen LogP contribution in [0.3, 0.4) is 0 Å². The third kappa shape index (κ3) is 2.77. The maximum absolute atomic E-state index is 11.6. The fourth-order valence-electron chi connectivity index (χ4n) is 1.49. The van der Waals surface area contributed by atoms with E-state index in [9.17, 15) is 9.59 Å². The Labute approximate surface area is 104 Å². The van der Waals surface area contributed by atoms with Crippen LogP contribution in [0, 0.1) is 5.92 Å². The van der Waals surface area contributed by atoms with Crippen LogP contribution in [-0.2, 0) is 4.79 Å². The van der Waals surface area contributed by atoms with E-state index in [-0.39, 0.29) is 17.7 Å². The molecule has 0 aliphatic heterocycles.